The number of carbonyl (C=O) groups excluding carboxylic acids is 1. The average molecular weight is 414 g/mol. The number of hydrogen-bond donors (Lipinski definition) is 1. The summed E-state index contributed by atoms with van der Waals surface area (Å²) in [4.78, 5) is 16.4. The van der Waals surface area contributed by atoms with Crippen LogP contribution in [-0.4, -0.2) is 43.5 Å². The van der Waals surface area contributed by atoms with E-state index in [0.29, 0.717) is 15.7 Å². The highest BCUT2D eigenvalue weighted by molar-refractivity contribution is 7.99. The number of nitrogens with zero attached hydrogens (tertiary/aromatic N) is 2. The molecule has 0 bridgehead atoms. The van der Waals surface area contributed by atoms with Gasteiger partial charge in [-0.15, -0.1) is 0 Å². The zero-order chi connectivity index (χ0) is 19.5. The number of aromatic nitrogens is 1. The van der Waals surface area contributed by atoms with E-state index in [0.717, 1.165) is 15.4 Å². The summed E-state index contributed by atoms with van der Waals surface area (Å²) in [6.45, 7) is 3.82. The lowest BCUT2D eigenvalue weighted by atomic mass is 10.1. The lowest BCUT2D eigenvalue weighted by molar-refractivity contribution is -0.113. The van der Waals surface area contributed by atoms with Crippen molar-refractivity contribution in [1.82, 2.24) is 9.29 Å². The van der Waals surface area contributed by atoms with Crippen LogP contribution >= 0.6 is 23.4 Å². The summed E-state index contributed by atoms with van der Waals surface area (Å²) in [5, 5.41) is 3.86. The summed E-state index contributed by atoms with van der Waals surface area (Å²) < 4.78 is 25.1. The minimum absolute atomic E-state index is 0.110. The van der Waals surface area contributed by atoms with Gasteiger partial charge in [0, 0.05) is 20.3 Å². The Hall–Kier alpha value is -1.61. The molecule has 0 saturated heterocycles. The highest BCUT2D eigenvalue weighted by atomic mass is 35.5. The lowest BCUT2D eigenvalue weighted by Crippen LogP contribution is -2.22. The van der Waals surface area contributed by atoms with Crippen molar-refractivity contribution in [3.8, 4) is 0 Å². The van der Waals surface area contributed by atoms with Crippen LogP contribution in [0.4, 0.5) is 5.69 Å². The molecule has 140 valence electrons. The van der Waals surface area contributed by atoms with Gasteiger partial charge in [-0.25, -0.2) is 17.7 Å². The molecule has 26 heavy (non-hydrogen) atoms. The number of carbonyl (C=O) groups is 1. The predicted octanol–water partition coefficient (Wildman–Crippen LogP) is 3.33. The van der Waals surface area contributed by atoms with E-state index >= 15 is 0 Å². The summed E-state index contributed by atoms with van der Waals surface area (Å²) in [6, 6.07) is 6.80. The maximum Gasteiger partial charge on any atom is 0.244 e. The van der Waals surface area contributed by atoms with Gasteiger partial charge in [-0.1, -0.05) is 29.4 Å². The van der Waals surface area contributed by atoms with Gasteiger partial charge in [0.25, 0.3) is 0 Å². The third kappa shape index (κ3) is 4.97. The standard InChI is InChI=1S/C17H20ClN3O3S2/c1-11-7-12(2)17(14(18)8-11)20-15(22)10-25-16-6-5-13(9-19-16)26(23,24)21(3)4/h5-9H,10H2,1-4H3,(H,20,22). The normalized spacial score (nSPS) is 11.6. The van der Waals surface area contributed by atoms with Gasteiger partial charge in [-0.2, -0.15) is 0 Å². The molecule has 1 heterocycles. The molecule has 0 aliphatic carbocycles. The highest BCUT2D eigenvalue weighted by Gasteiger charge is 2.17. The zero-order valence-corrected chi connectivity index (χ0v) is 17.3. The molecule has 0 aliphatic heterocycles. The maximum absolute atomic E-state index is 12.2. The maximum atomic E-state index is 12.2. The quantitative estimate of drug-likeness (QED) is 0.735. The van der Waals surface area contributed by atoms with Crippen LogP contribution in [0.5, 0.6) is 0 Å². The molecule has 0 radical (unpaired) electrons. The van der Waals surface area contributed by atoms with Gasteiger partial charge >= 0.3 is 0 Å². The van der Waals surface area contributed by atoms with E-state index in [1.165, 1.54) is 38.1 Å². The van der Waals surface area contributed by atoms with Crippen LogP contribution in [0.2, 0.25) is 5.02 Å². The SMILES string of the molecule is Cc1cc(C)c(NC(=O)CSc2ccc(S(=O)(=O)N(C)C)cn2)c(Cl)c1. The molecule has 1 aromatic heterocycles. The van der Waals surface area contributed by atoms with Crippen molar-refractivity contribution in [2.24, 2.45) is 0 Å². The van der Waals surface area contributed by atoms with Gasteiger partial charge in [0.15, 0.2) is 0 Å². The van der Waals surface area contributed by atoms with E-state index in [-0.39, 0.29) is 16.6 Å². The van der Waals surface area contributed by atoms with Crippen molar-refractivity contribution in [1.29, 1.82) is 0 Å². The van der Waals surface area contributed by atoms with E-state index in [9.17, 15) is 13.2 Å². The molecule has 6 nitrogen and oxygen atoms in total. The number of benzene rings is 1. The number of anilines is 1. The Bertz CT molecular complexity index is 890. The van der Waals surface area contributed by atoms with Crippen molar-refractivity contribution < 1.29 is 13.2 Å². The van der Waals surface area contributed by atoms with Crippen LogP contribution in [-0.2, 0) is 14.8 Å². The predicted molar refractivity (Wildman–Crippen MR) is 105 cm³/mol. The minimum Gasteiger partial charge on any atom is -0.324 e. The molecule has 0 spiro atoms. The van der Waals surface area contributed by atoms with Gasteiger partial charge in [-0.05, 0) is 43.2 Å². The minimum atomic E-state index is -3.51. The first-order chi connectivity index (χ1) is 12.1. The Labute approximate surface area is 163 Å². The molecule has 1 amide bonds. The van der Waals surface area contributed by atoms with Gasteiger partial charge in [-0.3, -0.25) is 4.79 Å². The number of sulfonamides is 1. The van der Waals surface area contributed by atoms with Crippen molar-refractivity contribution in [2.45, 2.75) is 23.8 Å². The lowest BCUT2D eigenvalue weighted by Gasteiger charge is -2.12. The molecule has 0 unspecified atom stereocenters. The number of hydrogen-bond acceptors (Lipinski definition) is 5. The monoisotopic (exact) mass is 413 g/mol. The van der Waals surface area contributed by atoms with Gasteiger partial charge in [0.2, 0.25) is 15.9 Å². The molecule has 0 fully saturated rings. The first kappa shape index (κ1) is 20.7. The molecular weight excluding hydrogens is 394 g/mol. The van der Waals surface area contributed by atoms with Crippen LogP contribution in [0.1, 0.15) is 11.1 Å². The summed E-state index contributed by atoms with van der Waals surface area (Å²) in [7, 11) is -0.593. The second-order valence-corrected chi connectivity index (χ2v) is 9.45. The summed E-state index contributed by atoms with van der Waals surface area (Å²) >= 11 is 7.40. The topological polar surface area (TPSA) is 79.4 Å². The van der Waals surface area contributed by atoms with E-state index in [2.05, 4.69) is 10.3 Å². The molecule has 1 N–H and O–H groups in total. The molecule has 2 aromatic rings. The van der Waals surface area contributed by atoms with Crippen LogP contribution < -0.4 is 5.32 Å². The number of amides is 1. The average Bonchev–Trinajstić information content (AvgIpc) is 2.56. The molecule has 0 saturated carbocycles. The van der Waals surface area contributed by atoms with E-state index < -0.39 is 10.0 Å². The molecular formula is C17H20ClN3O3S2. The fourth-order valence-corrected chi connectivity index (χ4v) is 4.06. The smallest absolute Gasteiger partial charge is 0.244 e. The second kappa shape index (κ2) is 8.39. The fraction of sp³-hybridized carbons (Fsp3) is 0.294. The number of halogens is 1. The van der Waals surface area contributed by atoms with Gasteiger partial charge in [0.05, 0.1) is 21.5 Å². The van der Waals surface area contributed by atoms with Gasteiger partial charge < -0.3 is 5.32 Å². The zero-order valence-electron chi connectivity index (χ0n) is 14.9. The first-order valence-electron chi connectivity index (χ1n) is 7.69. The highest BCUT2D eigenvalue weighted by Crippen LogP contribution is 2.28. The second-order valence-electron chi connectivity index (χ2n) is 5.90. The van der Waals surface area contributed by atoms with E-state index in [1.54, 1.807) is 12.1 Å². The van der Waals surface area contributed by atoms with Gasteiger partial charge in [0.1, 0.15) is 4.90 Å². The Balaban J connectivity index is 2.00. The summed E-state index contributed by atoms with van der Waals surface area (Å²) in [5.74, 6) is -0.0770. The number of nitrogens with one attached hydrogen (secondary N) is 1. The first-order valence-corrected chi connectivity index (χ1v) is 10.5. The van der Waals surface area contributed by atoms with Crippen LogP contribution in [0.3, 0.4) is 0 Å². The summed E-state index contributed by atoms with van der Waals surface area (Å²) in [5.41, 5.74) is 2.52. The Kier molecular flexibility index (Phi) is 6.68. The number of aryl methyl sites for hydroxylation is 2. The third-order valence-corrected chi connectivity index (χ3v) is 6.58. The Morgan fingerprint density at radius 2 is 1.96 bits per heavy atom. The molecule has 2 rings (SSSR count). The van der Waals surface area contributed by atoms with Crippen LogP contribution in [0, 0.1) is 13.8 Å². The number of rotatable bonds is 6. The molecule has 0 atom stereocenters. The Morgan fingerprint density at radius 1 is 1.27 bits per heavy atom. The fourth-order valence-electron chi connectivity index (χ4n) is 2.20. The van der Waals surface area contributed by atoms with E-state index in [4.69, 9.17) is 11.6 Å². The number of thioether (sulfide) groups is 1. The summed E-state index contributed by atoms with van der Waals surface area (Å²) in [6.07, 6.45) is 1.29. The number of pyridine rings is 1. The molecule has 9 heteroatoms. The van der Waals surface area contributed by atoms with Crippen LogP contribution in [0.25, 0.3) is 0 Å². The molecule has 1 aromatic carbocycles. The third-order valence-electron chi connectivity index (χ3n) is 3.54. The largest absolute Gasteiger partial charge is 0.324 e. The van der Waals surface area contributed by atoms with Crippen molar-refractivity contribution in [3.63, 3.8) is 0 Å². The van der Waals surface area contributed by atoms with Crippen molar-refractivity contribution >= 4 is 45.0 Å². The molecule has 0 aliphatic rings. The van der Waals surface area contributed by atoms with E-state index in [1.807, 2.05) is 19.9 Å². The van der Waals surface area contributed by atoms with Crippen LogP contribution in [0.15, 0.2) is 40.4 Å². The Morgan fingerprint density at radius 3 is 2.50 bits per heavy atom. The van der Waals surface area contributed by atoms with Crippen molar-refractivity contribution in [3.05, 3.63) is 46.6 Å². The van der Waals surface area contributed by atoms with Crippen molar-refractivity contribution in [2.75, 3.05) is 25.2 Å².